The van der Waals surface area contributed by atoms with E-state index in [1.165, 1.54) is 11.1 Å². The molecule has 0 aliphatic heterocycles. The smallest absolute Gasteiger partial charge is 0.227 e. The van der Waals surface area contributed by atoms with Crippen LogP contribution in [0.1, 0.15) is 0 Å². The Hall–Kier alpha value is -7.50. The number of nitrogens with zero attached hydrogens (tertiary/aromatic N) is 4. The highest BCUT2D eigenvalue weighted by molar-refractivity contribution is 6.11. The zero-order chi connectivity index (χ0) is 36.6. The standard InChI is InChI=1S/C50H32N4O/c1-4-13-33(14-5-1)39-20-10-21-40(31-39)41-22-11-23-42(32-41)49-53-47(36-15-6-2-7-16-36)52-48(54-49)37-27-25-34(26-28-37)43-24-12-19-35-29-30-44-46(45(35)43)55-50(51-44)38-17-8-3-9-18-38/h1-32H. The van der Waals surface area contributed by atoms with Crippen LogP contribution in [0.5, 0.6) is 0 Å². The van der Waals surface area contributed by atoms with E-state index in [4.69, 9.17) is 24.4 Å². The molecule has 10 aromatic rings. The minimum atomic E-state index is 0.606. The van der Waals surface area contributed by atoms with E-state index in [0.29, 0.717) is 23.4 Å². The number of fused-ring (bicyclic) bond motifs is 3. The quantitative estimate of drug-likeness (QED) is 0.165. The van der Waals surface area contributed by atoms with Crippen LogP contribution >= 0.6 is 0 Å². The monoisotopic (exact) mass is 704 g/mol. The molecule has 5 nitrogen and oxygen atoms in total. The van der Waals surface area contributed by atoms with Gasteiger partial charge in [0, 0.05) is 27.6 Å². The Morgan fingerprint density at radius 3 is 1.44 bits per heavy atom. The molecule has 0 radical (unpaired) electrons. The van der Waals surface area contributed by atoms with Crippen LogP contribution in [0.15, 0.2) is 199 Å². The molecule has 0 unspecified atom stereocenters. The largest absolute Gasteiger partial charge is 0.435 e. The van der Waals surface area contributed by atoms with Crippen molar-refractivity contribution in [2.45, 2.75) is 0 Å². The topological polar surface area (TPSA) is 64.7 Å². The summed E-state index contributed by atoms with van der Waals surface area (Å²) in [6.07, 6.45) is 0. The van der Waals surface area contributed by atoms with Crippen molar-refractivity contribution in [2.24, 2.45) is 0 Å². The van der Waals surface area contributed by atoms with E-state index in [9.17, 15) is 0 Å². The lowest BCUT2D eigenvalue weighted by Crippen LogP contribution is -2.00. The molecule has 0 N–H and O–H groups in total. The van der Waals surface area contributed by atoms with Crippen LogP contribution in [-0.2, 0) is 0 Å². The van der Waals surface area contributed by atoms with Crippen molar-refractivity contribution < 1.29 is 4.42 Å². The van der Waals surface area contributed by atoms with Crippen LogP contribution < -0.4 is 0 Å². The summed E-state index contributed by atoms with van der Waals surface area (Å²) in [7, 11) is 0. The van der Waals surface area contributed by atoms with Crippen LogP contribution in [-0.4, -0.2) is 19.9 Å². The lowest BCUT2D eigenvalue weighted by molar-refractivity contribution is 0.623. The zero-order valence-electron chi connectivity index (χ0n) is 29.7. The Balaban J connectivity index is 1.04. The molecule has 8 aromatic carbocycles. The predicted molar refractivity (Wildman–Crippen MR) is 223 cm³/mol. The maximum Gasteiger partial charge on any atom is 0.227 e. The van der Waals surface area contributed by atoms with Gasteiger partial charge in [0.2, 0.25) is 5.89 Å². The summed E-state index contributed by atoms with van der Waals surface area (Å²) in [4.78, 5) is 19.9. The molecule has 10 rings (SSSR count). The third-order valence-electron chi connectivity index (χ3n) is 9.96. The summed E-state index contributed by atoms with van der Waals surface area (Å²) >= 11 is 0. The molecular weight excluding hydrogens is 673 g/mol. The molecule has 0 bridgehead atoms. The third kappa shape index (κ3) is 6.24. The van der Waals surface area contributed by atoms with Crippen LogP contribution in [0.25, 0.3) is 101 Å². The fourth-order valence-corrected chi connectivity index (χ4v) is 7.20. The van der Waals surface area contributed by atoms with E-state index in [0.717, 1.165) is 66.4 Å². The van der Waals surface area contributed by atoms with E-state index >= 15 is 0 Å². The van der Waals surface area contributed by atoms with Gasteiger partial charge in [-0.25, -0.2) is 19.9 Å². The van der Waals surface area contributed by atoms with E-state index in [1.54, 1.807) is 0 Å². The SMILES string of the molecule is c1ccc(-c2cccc(-c3cccc(-c4nc(-c5ccccc5)nc(-c5ccc(-c6cccc7ccc8nc(-c9ccccc9)oc8c67)cc5)n4)c3)c2)cc1. The molecule has 0 aliphatic carbocycles. The van der Waals surface area contributed by atoms with Crippen molar-refractivity contribution in [2.75, 3.05) is 0 Å². The summed E-state index contributed by atoms with van der Waals surface area (Å²) in [6, 6.07) is 66.5. The Morgan fingerprint density at radius 2 is 0.782 bits per heavy atom. The van der Waals surface area contributed by atoms with Crippen molar-refractivity contribution in [1.29, 1.82) is 0 Å². The third-order valence-corrected chi connectivity index (χ3v) is 9.96. The molecule has 0 spiro atoms. The molecule has 0 saturated heterocycles. The molecule has 258 valence electrons. The van der Waals surface area contributed by atoms with E-state index in [1.807, 2.05) is 72.8 Å². The van der Waals surface area contributed by atoms with Crippen molar-refractivity contribution in [3.8, 4) is 79.0 Å². The van der Waals surface area contributed by atoms with Crippen LogP contribution in [0.3, 0.4) is 0 Å². The highest BCUT2D eigenvalue weighted by atomic mass is 16.3. The second-order valence-corrected chi connectivity index (χ2v) is 13.5. The maximum atomic E-state index is 6.46. The molecule has 0 aliphatic rings. The van der Waals surface area contributed by atoms with Gasteiger partial charge in [-0.1, -0.05) is 164 Å². The Morgan fingerprint density at radius 1 is 0.309 bits per heavy atom. The van der Waals surface area contributed by atoms with Gasteiger partial charge in [-0.05, 0) is 69.1 Å². The lowest BCUT2D eigenvalue weighted by Gasteiger charge is -2.11. The van der Waals surface area contributed by atoms with Crippen LogP contribution in [0.4, 0.5) is 0 Å². The minimum absolute atomic E-state index is 0.606. The average molecular weight is 705 g/mol. The van der Waals surface area contributed by atoms with E-state index < -0.39 is 0 Å². The number of benzene rings is 8. The average Bonchev–Trinajstić information content (AvgIpc) is 3.72. The van der Waals surface area contributed by atoms with Crippen molar-refractivity contribution in [3.05, 3.63) is 194 Å². The molecule has 0 saturated carbocycles. The summed E-state index contributed by atoms with van der Waals surface area (Å²) < 4.78 is 6.46. The maximum absolute atomic E-state index is 6.46. The summed E-state index contributed by atoms with van der Waals surface area (Å²) in [5.74, 6) is 2.45. The van der Waals surface area contributed by atoms with Crippen LogP contribution in [0, 0.1) is 0 Å². The fraction of sp³-hybridized carbons (Fsp3) is 0. The zero-order valence-corrected chi connectivity index (χ0v) is 29.7. The molecular formula is C50H32N4O. The first kappa shape index (κ1) is 32.2. The lowest BCUT2D eigenvalue weighted by atomic mass is 9.96. The molecule has 0 amide bonds. The molecule has 0 fully saturated rings. The van der Waals surface area contributed by atoms with Gasteiger partial charge in [0.05, 0.1) is 0 Å². The molecule has 55 heavy (non-hydrogen) atoms. The summed E-state index contributed by atoms with van der Waals surface area (Å²) in [6.45, 7) is 0. The van der Waals surface area contributed by atoms with Gasteiger partial charge < -0.3 is 4.42 Å². The van der Waals surface area contributed by atoms with Gasteiger partial charge in [0.1, 0.15) is 5.52 Å². The fourth-order valence-electron chi connectivity index (χ4n) is 7.20. The van der Waals surface area contributed by atoms with Crippen molar-refractivity contribution in [3.63, 3.8) is 0 Å². The van der Waals surface area contributed by atoms with Gasteiger partial charge in [0.25, 0.3) is 0 Å². The minimum Gasteiger partial charge on any atom is -0.435 e. The van der Waals surface area contributed by atoms with Gasteiger partial charge in [-0.15, -0.1) is 0 Å². The number of hydrogen-bond acceptors (Lipinski definition) is 5. The highest BCUT2D eigenvalue weighted by Crippen LogP contribution is 2.37. The first-order valence-electron chi connectivity index (χ1n) is 18.3. The second-order valence-electron chi connectivity index (χ2n) is 13.5. The number of rotatable bonds is 7. The number of aromatic nitrogens is 4. The first-order chi connectivity index (χ1) is 27.2. The second kappa shape index (κ2) is 13.8. The molecule has 2 aromatic heterocycles. The molecule has 0 atom stereocenters. The Labute approximate surface area is 318 Å². The predicted octanol–water partition coefficient (Wildman–Crippen LogP) is 12.8. The summed E-state index contributed by atoms with van der Waals surface area (Å²) in [5.41, 5.74) is 12.0. The highest BCUT2D eigenvalue weighted by Gasteiger charge is 2.17. The number of oxazole rings is 1. The molecule has 5 heteroatoms. The van der Waals surface area contributed by atoms with Crippen molar-refractivity contribution >= 4 is 21.9 Å². The van der Waals surface area contributed by atoms with E-state index in [-0.39, 0.29) is 0 Å². The van der Waals surface area contributed by atoms with Gasteiger partial charge in [-0.3, -0.25) is 0 Å². The first-order valence-corrected chi connectivity index (χ1v) is 18.3. The van der Waals surface area contributed by atoms with Crippen molar-refractivity contribution in [1.82, 2.24) is 19.9 Å². The van der Waals surface area contributed by atoms with Gasteiger partial charge in [0.15, 0.2) is 23.1 Å². The Kier molecular flexibility index (Phi) is 8.08. The van der Waals surface area contributed by atoms with Gasteiger partial charge in [-0.2, -0.15) is 0 Å². The van der Waals surface area contributed by atoms with Crippen LogP contribution in [0.2, 0.25) is 0 Å². The Bertz CT molecular complexity index is 2960. The normalized spacial score (nSPS) is 11.3. The van der Waals surface area contributed by atoms with Gasteiger partial charge >= 0.3 is 0 Å². The molecule has 2 heterocycles. The van der Waals surface area contributed by atoms with E-state index in [2.05, 4.69) is 121 Å². The summed E-state index contributed by atoms with van der Waals surface area (Å²) in [5, 5.41) is 2.12. The number of hydrogen-bond donors (Lipinski definition) is 0.